The Kier molecular flexibility index (Phi) is 4.17. The predicted octanol–water partition coefficient (Wildman–Crippen LogP) is 6.19. The van der Waals surface area contributed by atoms with Crippen molar-refractivity contribution in [3.63, 3.8) is 0 Å². The molecular weight excluding hydrogens is 370 g/mol. The van der Waals surface area contributed by atoms with E-state index >= 15 is 0 Å². The van der Waals surface area contributed by atoms with Gasteiger partial charge in [-0.1, -0.05) is 29.8 Å². The normalized spacial score (nSPS) is 11.5. The Balaban J connectivity index is 1.77. The summed E-state index contributed by atoms with van der Waals surface area (Å²) >= 11 is 0. The summed E-state index contributed by atoms with van der Waals surface area (Å²) in [5, 5.41) is 7.39. The Morgan fingerprint density at radius 2 is 1.43 bits per heavy atom. The molecule has 0 bridgehead atoms. The molecule has 0 aliphatic heterocycles. The number of aryl methyl sites for hydroxylation is 4. The monoisotopic (exact) mass is 395 g/mol. The fourth-order valence-electron chi connectivity index (χ4n) is 4.55. The molecule has 0 N–H and O–H groups in total. The summed E-state index contributed by atoms with van der Waals surface area (Å²) in [7, 11) is 1.69. The van der Waals surface area contributed by atoms with E-state index in [1.54, 1.807) is 7.11 Å². The van der Waals surface area contributed by atoms with E-state index in [4.69, 9.17) is 9.84 Å². The lowest BCUT2D eigenvalue weighted by atomic mass is 10.1. The third-order valence-electron chi connectivity index (χ3n) is 6.04. The summed E-state index contributed by atoms with van der Waals surface area (Å²) in [6.45, 7) is 8.61. The van der Waals surface area contributed by atoms with Crippen LogP contribution in [0.3, 0.4) is 0 Å². The Morgan fingerprint density at radius 1 is 0.767 bits per heavy atom. The predicted molar refractivity (Wildman–Crippen MR) is 123 cm³/mol. The number of ether oxygens (including phenoxy) is 1. The van der Waals surface area contributed by atoms with Gasteiger partial charge in [0, 0.05) is 39.6 Å². The third-order valence-corrected chi connectivity index (χ3v) is 6.04. The maximum Gasteiger partial charge on any atom is 0.118 e. The van der Waals surface area contributed by atoms with Gasteiger partial charge >= 0.3 is 0 Å². The van der Waals surface area contributed by atoms with Gasteiger partial charge in [0.15, 0.2) is 0 Å². The molecule has 150 valence electrons. The molecule has 4 nitrogen and oxygen atoms in total. The molecule has 0 aliphatic rings. The molecule has 4 heteroatoms. The zero-order chi connectivity index (χ0) is 21.0. The van der Waals surface area contributed by atoms with Crippen molar-refractivity contribution in [2.24, 2.45) is 0 Å². The van der Waals surface area contributed by atoms with Crippen LogP contribution in [0.2, 0.25) is 0 Å². The van der Waals surface area contributed by atoms with Gasteiger partial charge in [-0.25, -0.2) is 4.52 Å². The molecule has 0 radical (unpaired) electrons. The molecule has 0 fully saturated rings. The minimum atomic E-state index is 0.862. The molecule has 3 heterocycles. The molecule has 0 saturated heterocycles. The largest absolute Gasteiger partial charge is 0.497 e. The molecule has 30 heavy (non-hydrogen) atoms. The molecule has 0 unspecified atom stereocenters. The fraction of sp³-hybridized carbons (Fsp3) is 0.192. The van der Waals surface area contributed by atoms with Crippen LogP contribution in [0.1, 0.15) is 22.6 Å². The highest BCUT2D eigenvalue weighted by molar-refractivity contribution is 6.02. The lowest BCUT2D eigenvalue weighted by Gasteiger charge is -2.09. The highest BCUT2D eigenvalue weighted by Crippen LogP contribution is 2.35. The second-order valence-corrected chi connectivity index (χ2v) is 7.96. The maximum absolute atomic E-state index is 5.30. The first-order valence-corrected chi connectivity index (χ1v) is 10.2. The molecule has 5 rings (SSSR count). The van der Waals surface area contributed by atoms with Crippen LogP contribution in [0.4, 0.5) is 0 Å². The summed E-state index contributed by atoms with van der Waals surface area (Å²) in [4.78, 5) is 0. The number of methoxy groups -OCH3 is 1. The van der Waals surface area contributed by atoms with Crippen LogP contribution < -0.4 is 4.74 Å². The van der Waals surface area contributed by atoms with Crippen LogP contribution in [0.15, 0.2) is 60.8 Å². The number of aromatic nitrogens is 3. The average molecular weight is 396 g/mol. The summed E-state index contributed by atoms with van der Waals surface area (Å²) in [6.07, 6.45) is 2.11. The molecule has 0 aliphatic carbocycles. The number of nitrogens with zero attached hydrogens (tertiary/aromatic N) is 3. The number of fused-ring (bicyclic) bond motifs is 3. The van der Waals surface area contributed by atoms with Gasteiger partial charge in [-0.05, 0) is 63.6 Å². The van der Waals surface area contributed by atoms with E-state index in [0.717, 1.165) is 28.1 Å². The van der Waals surface area contributed by atoms with Gasteiger partial charge in [0.2, 0.25) is 0 Å². The molecule has 2 aromatic carbocycles. The topological polar surface area (TPSA) is 31.5 Å². The van der Waals surface area contributed by atoms with Gasteiger partial charge in [-0.2, -0.15) is 5.10 Å². The van der Waals surface area contributed by atoms with Gasteiger partial charge in [-0.3, -0.25) is 0 Å². The number of hydrogen-bond acceptors (Lipinski definition) is 2. The maximum atomic E-state index is 5.30. The first kappa shape index (κ1) is 18.5. The van der Waals surface area contributed by atoms with E-state index in [9.17, 15) is 0 Å². The van der Waals surface area contributed by atoms with Crippen LogP contribution in [0.5, 0.6) is 5.75 Å². The van der Waals surface area contributed by atoms with Crippen molar-refractivity contribution in [1.82, 2.24) is 14.2 Å². The van der Waals surface area contributed by atoms with Gasteiger partial charge in [0.05, 0.1) is 18.3 Å². The van der Waals surface area contributed by atoms with Crippen molar-refractivity contribution in [3.8, 4) is 22.6 Å². The Bertz CT molecular complexity index is 1390. The van der Waals surface area contributed by atoms with Crippen LogP contribution in [-0.4, -0.2) is 21.3 Å². The first-order chi connectivity index (χ1) is 14.5. The van der Waals surface area contributed by atoms with Gasteiger partial charge in [-0.15, -0.1) is 0 Å². The van der Waals surface area contributed by atoms with E-state index in [1.807, 2.05) is 16.6 Å². The lowest BCUT2D eigenvalue weighted by Crippen LogP contribution is -1.98. The number of rotatable bonds is 3. The number of benzene rings is 2. The van der Waals surface area contributed by atoms with E-state index in [0.29, 0.717) is 0 Å². The second-order valence-electron chi connectivity index (χ2n) is 7.96. The first-order valence-electron chi connectivity index (χ1n) is 10.2. The molecule has 0 amide bonds. The van der Waals surface area contributed by atoms with Crippen LogP contribution in [-0.2, 0) is 0 Å². The van der Waals surface area contributed by atoms with Crippen LogP contribution in [0.25, 0.3) is 33.1 Å². The second kappa shape index (κ2) is 6.77. The SMILES string of the molecule is COc1ccc(-c2cc3c4c(C)n(-c5ccc(C)cc5)c(C)c4c(C)nn3c2)cc1. The van der Waals surface area contributed by atoms with Crippen LogP contribution in [0, 0.1) is 27.7 Å². The highest BCUT2D eigenvalue weighted by atomic mass is 16.5. The average Bonchev–Trinajstić information content (AvgIpc) is 3.28. The van der Waals surface area contributed by atoms with Crippen molar-refractivity contribution < 1.29 is 4.74 Å². The minimum Gasteiger partial charge on any atom is -0.497 e. The van der Waals surface area contributed by atoms with Crippen molar-refractivity contribution in [2.75, 3.05) is 7.11 Å². The summed E-state index contributed by atoms with van der Waals surface area (Å²) in [6, 6.07) is 19.1. The minimum absolute atomic E-state index is 0.862. The summed E-state index contributed by atoms with van der Waals surface area (Å²) < 4.78 is 9.66. The molecule has 0 saturated carbocycles. The van der Waals surface area contributed by atoms with Crippen molar-refractivity contribution >= 4 is 16.3 Å². The summed E-state index contributed by atoms with van der Waals surface area (Å²) in [5.74, 6) is 0.862. The van der Waals surface area contributed by atoms with Crippen LogP contribution >= 0.6 is 0 Å². The molecular formula is C26H25N3O. The standard InChI is InChI=1S/C26H25N3O/c1-16-6-10-22(11-7-16)29-18(3)25-17(2)27-28-15-21(14-24(28)26(25)19(29)4)20-8-12-23(30-5)13-9-20/h6-15H,1-5H3. The third kappa shape index (κ3) is 2.71. The van der Waals surface area contributed by atoms with E-state index in [1.165, 1.54) is 33.4 Å². The molecule has 3 aromatic heterocycles. The quantitative estimate of drug-likeness (QED) is 0.365. The van der Waals surface area contributed by atoms with E-state index < -0.39 is 0 Å². The highest BCUT2D eigenvalue weighted by Gasteiger charge is 2.19. The zero-order valence-corrected chi connectivity index (χ0v) is 18.0. The van der Waals surface area contributed by atoms with Gasteiger partial charge in [0.25, 0.3) is 0 Å². The van der Waals surface area contributed by atoms with E-state index in [-0.39, 0.29) is 0 Å². The molecule has 0 atom stereocenters. The zero-order valence-electron chi connectivity index (χ0n) is 18.0. The Hall–Kier alpha value is -3.53. The smallest absolute Gasteiger partial charge is 0.118 e. The Morgan fingerprint density at radius 3 is 2.10 bits per heavy atom. The molecule has 5 aromatic rings. The number of hydrogen-bond donors (Lipinski definition) is 0. The van der Waals surface area contributed by atoms with E-state index in [2.05, 4.69) is 80.9 Å². The van der Waals surface area contributed by atoms with Gasteiger partial charge in [0.1, 0.15) is 5.75 Å². The summed E-state index contributed by atoms with van der Waals surface area (Å²) in [5.41, 5.74) is 9.39. The van der Waals surface area contributed by atoms with Crippen molar-refractivity contribution in [1.29, 1.82) is 0 Å². The van der Waals surface area contributed by atoms with Crippen molar-refractivity contribution in [2.45, 2.75) is 27.7 Å². The van der Waals surface area contributed by atoms with Gasteiger partial charge < -0.3 is 9.30 Å². The Labute approximate surface area is 176 Å². The lowest BCUT2D eigenvalue weighted by molar-refractivity contribution is 0.415. The molecule has 0 spiro atoms. The van der Waals surface area contributed by atoms with Crippen molar-refractivity contribution in [3.05, 3.63) is 83.4 Å². The fourth-order valence-corrected chi connectivity index (χ4v) is 4.55.